The third-order valence-electron chi connectivity index (χ3n) is 3.94. The van der Waals surface area contributed by atoms with E-state index in [0.717, 1.165) is 22.2 Å². The van der Waals surface area contributed by atoms with Crippen molar-refractivity contribution in [1.29, 1.82) is 0 Å². The summed E-state index contributed by atoms with van der Waals surface area (Å²) in [7, 11) is 0. The quantitative estimate of drug-likeness (QED) is 0.793. The van der Waals surface area contributed by atoms with Crippen molar-refractivity contribution in [1.82, 2.24) is 15.0 Å². The summed E-state index contributed by atoms with van der Waals surface area (Å²) in [6.07, 6.45) is 0. The van der Waals surface area contributed by atoms with Crippen molar-refractivity contribution in [3.8, 4) is 0 Å². The van der Waals surface area contributed by atoms with Gasteiger partial charge in [0, 0.05) is 10.7 Å². The minimum atomic E-state index is -0.474. The lowest BCUT2D eigenvalue weighted by atomic mass is 10.1. The summed E-state index contributed by atoms with van der Waals surface area (Å²) >= 11 is 5.85. The standard InChI is InChI=1S/C17H17ClN4O/c1-10-8-15-16(9-11(10)2)22(21-20-15)12(3)17(23)19-14-6-4-13(18)5-7-14/h4-9,12H,1-3H3,(H,19,23). The molecule has 6 heteroatoms. The van der Waals surface area contributed by atoms with Gasteiger partial charge in [0.15, 0.2) is 0 Å². The first-order chi connectivity index (χ1) is 11.0. The average molecular weight is 329 g/mol. The number of nitrogens with zero attached hydrogens (tertiary/aromatic N) is 3. The van der Waals surface area contributed by atoms with Crippen molar-refractivity contribution in [2.24, 2.45) is 0 Å². The van der Waals surface area contributed by atoms with Gasteiger partial charge in [-0.05, 0) is 68.3 Å². The maximum atomic E-state index is 12.5. The van der Waals surface area contributed by atoms with Crippen LogP contribution in [0.1, 0.15) is 24.1 Å². The summed E-state index contributed by atoms with van der Waals surface area (Å²) < 4.78 is 1.65. The molecule has 0 saturated heterocycles. The van der Waals surface area contributed by atoms with Crippen molar-refractivity contribution in [3.05, 3.63) is 52.5 Å². The van der Waals surface area contributed by atoms with E-state index < -0.39 is 6.04 Å². The van der Waals surface area contributed by atoms with Crippen LogP contribution in [0.3, 0.4) is 0 Å². The molecular weight excluding hydrogens is 312 g/mol. The molecule has 1 amide bonds. The van der Waals surface area contributed by atoms with E-state index in [9.17, 15) is 4.79 Å². The Kier molecular flexibility index (Phi) is 4.05. The van der Waals surface area contributed by atoms with E-state index in [4.69, 9.17) is 11.6 Å². The van der Waals surface area contributed by atoms with Crippen LogP contribution in [-0.4, -0.2) is 20.9 Å². The van der Waals surface area contributed by atoms with Gasteiger partial charge in [0.1, 0.15) is 11.6 Å². The molecule has 0 saturated carbocycles. The van der Waals surface area contributed by atoms with Gasteiger partial charge in [-0.25, -0.2) is 4.68 Å². The van der Waals surface area contributed by atoms with Crippen LogP contribution >= 0.6 is 11.6 Å². The Hall–Kier alpha value is -2.40. The number of benzene rings is 2. The highest BCUT2D eigenvalue weighted by molar-refractivity contribution is 6.30. The molecule has 0 spiro atoms. The van der Waals surface area contributed by atoms with Gasteiger partial charge in [0.25, 0.3) is 0 Å². The second-order valence-corrected chi connectivity index (χ2v) is 6.07. The number of carbonyl (C=O) groups is 1. The van der Waals surface area contributed by atoms with E-state index in [1.54, 1.807) is 35.9 Å². The van der Waals surface area contributed by atoms with Crippen molar-refractivity contribution in [3.63, 3.8) is 0 Å². The maximum Gasteiger partial charge on any atom is 0.249 e. The lowest BCUT2D eigenvalue weighted by Crippen LogP contribution is -2.24. The molecule has 2 aromatic carbocycles. The molecule has 118 valence electrons. The molecule has 3 rings (SSSR count). The summed E-state index contributed by atoms with van der Waals surface area (Å²) in [5.41, 5.74) is 4.64. The lowest BCUT2D eigenvalue weighted by molar-refractivity contribution is -0.119. The molecule has 0 aliphatic rings. The number of hydrogen-bond donors (Lipinski definition) is 1. The first-order valence-electron chi connectivity index (χ1n) is 7.34. The third-order valence-corrected chi connectivity index (χ3v) is 4.20. The van der Waals surface area contributed by atoms with E-state index in [1.165, 1.54) is 0 Å². The third kappa shape index (κ3) is 3.05. The van der Waals surface area contributed by atoms with Gasteiger partial charge >= 0.3 is 0 Å². The number of anilines is 1. The normalized spacial score (nSPS) is 12.3. The van der Waals surface area contributed by atoms with Gasteiger partial charge in [-0.1, -0.05) is 16.8 Å². The molecule has 1 atom stereocenters. The largest absolute Gasteiger partial charge is 0.324 e. The molecule has 1 unspecified atom stereocenters. The summed E-state index contributed by atoms with van der Waals surface area (Å²) in [6.45, 7) is 5.86. The molecule has 1 heterocycles. The molecule has 1 aromatic heterocycles. The first-order valence-corrected chi connectivity index (χ1v) is 7.72. The van der Waals surface area contributed by atoms with Gasteiger partial charge < -0.3 is 5.32 Å². The van der Waals surface area contributed by atoms with Gasteiger partial charge in [0.2, 0.25) is 5.91 Å². The Labute approximate surface area is 139 Å². The Bertz CT molecular complexity index is 870. The number of halogens is 1. The summed E-state index contributed by atoms with van der Waals surface area (Å²) in [5, 5.41) is 11.8. The number of rotatable bonds is 3. The minimum absolute atomic E-state index is 0.155. The molecule has 0 aliphatic carbocycles. The minimum Gasteiger partial charge on any atom is -0.324 e. The number of aromatic nitrogens is 3. The fourth-order valence-electron chi connectivity index (χ4n) is 2.37. The second kappa shape index (κ2) is 6.01. The fourth-order valence-corrected chi connectivity index (χ4v) is 2.50. The maximum absolute atomic E-state index is 12.5. The Morgan fingerprint density at radius 2 is 1.83 bits per heavy atom. The summed E-state index contributed by atoms with van der Waals surface area (Å²) in [5.74, 6) is -0.155. The Morgan fingerprint density at radius 1 is 1.17 bits per heavy atom. The molecular formula is C17H17ClN4O. The highest BCUT2D eigenvalue weighted by atomic mass is 35.5. The number of hydrogen-bond acceptors (Lipinski definition) is 3. The number of amides is 1. The van der Waals surface area contributed by atoms with Crippen LogP contribution in [0.15, 0.2) is 36.4 Å². The zero-order chi connectivity index (χ0) is 16.6. The molecule has 0 aliphatic heterocycles. The van der Waals surface area contributed by atoms with Crippen LogP contribution in [0.5, 0.6) is 0 Å². The van der Waals surface area contributed by atoms with Crippen molar-refractivity contribution >= 4 is 34.2 Å². The number of aryl methyl sites for hydroxylation is 2. The van der Waals surface area contributed by atoms with Crippen molar-refractivity contribution in [2.45, 2.75) is 26.8 Å². The van der Waals surface area contributed by atoms with Crippen LogP contribution in [0.2, 0.25) is 5.02 Å². The monoisotopic (exact) mass is 328 g/mol. The highest BCUT2D eigenvalue weighted by Crippen LogP contribution is 2.21. The van der Waals surface area contributed by atoms with Crippen LogP contribution in [-0.2, 0) is 4.79 Å². The molecule has 1 N–H and O–H groups in total. The molecule has 0 fully saturated rings. The number of nitrogens with one attached hydrogen (secondary N) is 1. The van der Waals surface area contributed by atoms with Crippen LogP contribution in [0.25, 0.3) is 11.0 Å². The van der Waals surface area contributed by atoms with Crippen molar-refractivity contribution < 1.29 is 4.79 Å². The zero-order valence-electron chi connectivity index (χ0n) is 13.2. The predicted molar refractivity (Wildman–Crippen MR) is 91.8 cm³/mol. The summed E-state index contributed by atoms with van der Waals surface area (Å²) in [4.78, 5) is 12.5. The molecule has 3 aromatic rings. The predicted octanol–water partition coefficient (Wildman–Crippen LogP) is 3.90. The lowest BCUT2D eigenvalue weighted by Gasteiger charge is -2.13. The van der Waals surface area contributed by atoms with Gasteiger partial charge in [-0.15, -0.1) is 5.10 Å². The fraction of sp³-hybridized carbons (Fsp3) is 0.235. The van der Waals surface area contributed by atoms with Crippen LogP contribution < -0.4 is 5.32 Å². The van der Waals surface area contributed by atoms with E-state index in [2.05, 4.69) is 15.6 Å². The van der Waals surface area contributed by atoms with Crippen molar-refractivity contribution in [2.75, 3.05) is 5.32 Å². The van der Waals surface area contributed by atoms with Crippen LogP contribution in [0, 0.1) is 13.8 Å². The smallest absolute Gasteiger partial charge is 0.249 e. The Balaban J connectivity index is 1.87. The second-order valence-electron chi connectivity index (χ2n) is 5.63. The Morgan fingerprint density at radius 3 is 2.52 bits per heavy atom. The average Bonchev–Trinajstić information content (AvgIpc) is 2.92. The van der Waals surface area contributed by atoms with E-state index in [1.807, 2.05) is 26.0 Å². The zero-order valence-corrected chi connectivity index (χ0v) is 13.9. The molecule has 0 radical (unpaired) electrons. The summed E-state index contributed by atoms with van der Waals surface area (Å²) in [6, 6.07) is 10.5. The van der Waals surface area contributed by atoms with Gasteiger partial charge in [-0.3, -0.25) is 4.79 Å². The number of carbonyl (C=O) groups excluding carboxylic acids is 1. The topological polar surface area (TPSA) is 59.8 Å². The van der Waals surface area contributed by atoms with E-state index in [-0.39, 0.29) is 5.91 Å². The van der Waals surface area contributed by atoms with Gasteiger partial charge in [0.05, 0.1) is 5.52 Å². The van der Waals surface area contributed by atoms with Gasteiger partial charge in [-0.2, -0.15) is 0 Å². The molecule has 0 bridgehead atoms. The first kappa shape index (κ1) is 15.5. The molecule has 5 nitrogen and oxygen atoms in total. The molecule has 23 heavy (non-hydrogen) atoms. The van der Waals surface area contributed by atoms with E-state index >= 15 is 0 Å². The van der Waals surface area contributed by atoms with Crippen LogP contribution in [0.4, 0.5) is 5.69 Å². The highest BCUT2D eigenvalue weighted by Gasteiger charge is 2.19. The number of fused-ring (bicyclic) bond motifs is 1. The van der Waals surface area contributed by atoms with E-state index in [0.29, 0.717) is 10.7 Å². The SMILES string of the molecule is Cc1cc2nnn(C(C)C(=O)Nc3ccc(Cl)cc3)c2cc1C.